The van der Waals surface area contributed by atoms with E-state index in [9.17, 15) is 0 Å². The van der Waals surface area contributed by atoms with Crippen LogP contribution in [0.15, 0.2) is 60.7 Å². The molecule has 0 spiro atoms. The van der Waals surface area contributed by atoms with E-state index < -0.39 is 0 Å². The van der Waals surface area contributed by atoms with Crippen LogP contribution in [0.4, 0.5) is 0 Å². The first kappa shape index (κ1) is 16.7. The van der Waals surface area contributed by atoms with Gasteiger partial charge < -0.3 is 0 Å². The van der Waals surface area contributed by atoms with Gasteiger partial charge in [0.25, 0.3) is 0 Å². The van der Waals surface area contributed by atoms with Gasteiger partial charge in [-0.05, 0) is 24.0 Å². The van der Waals surface area contributed by atoms with Gasteiger partial charge in [-0.1, -0.05) is 80.9 Å². The largest absolute Gasteiger partial charge is 0.126 e. The van der Waals surface area contributed by atoms with Crippen LogP contribution in [0.1, 0.15) is 44.2 Å². The van der Waals surface area contributed by atoms with E-state index in [4.69, 9.17) is 0 Å². The quantitative estimate of drug-likeness (QED) is 0.606. The van der Waals surface area contributed by atoms with E-state index in [1.807, 2.05) is 0 Å². The highest BCUT2D eigenvalue weighted by Crippen LogP contribution is 2.55. The van der Waals surface area contributed by atoms with E-state index in [0.29, 0.717) is 0 Å². The van der Waals surface area contributed by atoms with Crippen LogP contribution in [-0.2, 0) is 5.41 Å². The van der Waals surface area contributed by atoms with E-state index in [1.165, 1.54) is 17.5 Å². The van der Waals surface area contributed by atoms with Gasteiger partial charge in [-0.2, -0.15) is 0 Å². The SMILES string of the molecule is CCCC(P)(P)C(CC)(c1ccccc1)c1ccccc1. The van der Waals surface area contributed by atoms with Crippen LogP contribution in [0.3, 0.4) is 0 Å². The third-order valence-corrected chi connectivity index (χ3v) is 6.08. The Hall–Kier alpha value is -0.700. The Morgan fingerprint density at radius 3 is 1.52 bits per heavy atom. The van der Waals surface area contributed by atoms with Gasteiger partial charge in [-0.3, -0.25) is 0 Å². The highest BCUT2D eigenvalue weighted by Gasteiger charge is 2.45. The topological polar surface area (TPSA) is 0 Å². The lowest BCUT2D eigenvalue weighted by molar-refractivity contribution is 0.422. The molecular formula is C19H26P2. The van der Waals surface area contributed by atoms with Gasteiger partial charge in [-0.15, -0.1) is 18.5 Å². The zero-order valence-corrected chi connectivity index (χ0v) is 15.4. The minimum atomic E-state index is 0.000856. The van der Waals surface area contributed by atoms with Gasteiger partial charge in [0.1, 0.15) is 0 Å². The minimum Gasteiger partial charge on any atom is -0.126 e. The normalized spacial score (nSPS) is 12.4. The van der Waals surface area contributed by atoms with E-state index in [0.717, 1.165) is 12.8 Å². The lowest BCUT2D eigenvalue weighted by Crippen LogP contribution is -2.43. The van der Waals surface area contributed by atoms with Gasteiger partial charge in [0, 0.05) is 10.3 Å². The third-order valence-electron chi connectivity index (χ3n) is 4.52. The minimum absolute atomic E-state index is 0.000856. The molecule has 2 aromatic rings. The molecule has 2 rings (SSSR count). The molecule has 2 unspecified atom stereocenters. The monoisotopic (exact) mass is 316 g/mol. The summed E-state index contributed by atoms with van der Waals surface area (Å²) in [7, 11) is 6.27. The summed E-state index contributed by atoms with van der Waals surface area (Å²) in [5, 5.41) is 0. The van der Waals surface area contributed by atoms with E-state index in [-0.39, 0.29) is 10.3 Å². The Morgan fingerprint density at radius 2 is 1.19 bits per heavy atom. The van der Waals surface area contributed by atoms with Crippen molar-refractivity contribution in [2.75, 3.05) is 0 Å². The molecule has 0 saturated heterocycles. The molecule has 2 aromatic carbocycles. The van der Waals surface area contributed by atoms with E-state index in [1.54, 1.807) is 0 Å². The van der Waals surface area contributed by atoms with Crippen molar-refractivity contribution in [3.8, 4) is 0 Å². The summed E-state index contributed by atoms with van der Waals surface area (Å²) < 4.78 is 0. The fraction of sp³-hybridized carbons (Fsp3) is 0.368. The Morgan fingerprint density at radius 1 is 0.762 bits per heavy atom. The maximum atomic E-state index is 3.14. The number of hydrogen-bond donors (Lipinski definition) is 0. The van der Waals surface area contributed by atoms with Crippen LogP contribution in [0.5, 0.6) is 0 Å². The van der Waals surface area contributed by atoms with Crippen LogP contribution in [-0.4, -0.2) is 4.90 Å². The Bertz CT molecular complexity index is 507. The van der Waals surface area contributed by atoms with Crippen LogP contribution in [0.2, 0.25) is 0 Å². The molecule has 0 fully saturated rings. The average Bonchev–Trinajstić information content (AvgIpc) is 2.50. The number of benzene rings is 2. The molecule has 112 valence electrons. The van der Waals surface area contributed by atoms with Crippen molar-refractivity contribution < 1.29 is 0 Å². The zero-order chi connectivity index (χ0) is 15.3. The summed E-state index contributed by atoms with van der Waals surface area (Å²) in [4.78, 5) is 0.0548. The zero-order valence-electron chi connectivity index (χ0n) is 13.0. The van der Waals surface area contributed by atoms with Gasteiger partial charge in [0.2, 0.25) is 0 Å². The molecule has 0 aliphatic carbocycles. The van der Waals surface area contributed by atoms with Gasteiger partial charge in [-0.25, -0.2) is 0 Å². The molecule has 0 aromatic heterocycles. The molecular weight excluding hydrogens is 290 g/mol. The molecule has 2 atom stereocenters. The Labute approximate surface area is 134 Å². The Kier molecular flexibility index (Phi) is 5.59. The number of rotatable bonds is 6. The van der Waals surface area contributed by atoms with Crippen LogP contribution in [0.25, 0.3) is 0 Å². The standard InChI is InChI=1S/C19H26P2/c1-3-15-19(20,21)18(4-2,16-11-7-5-8-12-16)17-13-9-6-10-14-17/h5-14H,3-4,15,20-21H2,1-2H3. The summed E-state index contributed by atoms with van der Waals surface area (Å²) in [6, 6.07) is 21.9. The average molecular weight is 316 g/mol. The van der Waals surface area contributed by atoms with Crippen LogP contribution >= 0.6 is 18.5 Å². The second-order valence-corrected chi connectivity index (χ2v) is 8.51. The predicted octanol–water partition coefficient (Wildman–Crippen LogP) is 5.63. The highest BCUT2D eigenvalue weighted by atomic mass is 31.1. The fourth-order valence-electron chi connectivity index (χ4n) is 3.51. The van der Waals surface area contributed by atoms with Crippen molar-refractivity contribution in [2.24, 2.45) is 0 Å². The summed E-state index contributed by atoms with van der Waals surface area (Å²) in [6.07, 6.45) is 3.41. The summed E-state index contributed by atoms with van der Waals surface area (Å²) in [5.41, 5.74) is 2.80. The third kappa shape index (κ3) is 3.08. The summed E-state index contributed by atoms with van der Waals surface area (Å²) in [6.45, 7) is 4.57. The smallest absolute Gasteiger partial charge is 0.0324 e. The van der Waals surface area contributed by atoms with Crippen molar-refractivity contribution in [1.82, 2.24) is 0 Å². The van der Waals surface area contributed by atoms with Crippen molar-refractivity contribution in [1.29, 1.82) is 0 Å². The summed E-state index contributed by atoms with van der Waals surface area (Å²) in [5.74, 6) is 0. The van der Waals surface area contributed by atoms with Crippen LogP contribution in [0, 0.1) is 0 Å². The molecule has 2 heteroatoms. The highest BCUT2D eigenvalue weighted by molar-refractivity contribution is 7.40. The molecule has 0 aliphatic heterocycles. The van der Waals surface area contributed by atoms with Gasteiger partial charge >= 0.3 is 0 Å². The van der Waals surface area contributed by atoms with E-state index >= 15 is 0 Å². The molecule has 0 heterocycles. The lowest BCUT2D eigenvalue weighted by Gasteiger charge is -2.47. The molecule has 0 nitrogen and oxygen atoms in total. The maximum absolute atomic E-state index is 3.14. The first-order valence-electron chi connectivity index (χ1n) is 7.77. The second kappa shape index (κ2) is 7.04. The van der Waals surface area contributed by atoms with Gasteiger partial charge in [0.15, 0.2) is 0 Å². The molecule has 0 saturated carbocycles. The number of hydrogen-bond acceptors (Lipinski definition) is 0. The van der Waals surface area contributed by atoms with Crippen molar-refractivity contribution in [2.45, 2.75) is 43.4 Å². The second-order valence-electron chi connectivity index (χ2n) is 5.78. The molecule has 21 heavy (non-hydrogen) atoms. The van der Waals surface area contributed by atoms with Gasteiger partial charge in [0.05, 0.1) is 0 Å². The Balaban J connectivity index is 2.69. The van der Waals surface area contributed by atoms with Crippen LogP contribution < -0.4 is 0 Å². The van der Waals surface area contributed by atoms with E-state index in [2.05, 4.69) is 93.0 Å². The summed E-state index contributed by atoms with van der Waals surface area (Å²) >= 11 is 0. The molecule has 0 N–H and O–H groups in total. The maximum Gasteiger partial charge on any atom is 0.0324 e. The fourth-order valence-corrected chi connectivity index (χ4v) is 5.17. The van der Waals surface area contributed by atoms with Crippen molar-refractivity contribution in [3.05, 3.63) is 71.8 Å². The molecule has 0 amide bonds. The first-order valence-corrected chi connectivity index (χ1v) is 8.92. The lowest BCUT2D eigenvalue weighted by atomic mass is 9.68. The predicted molar refractivity (Wildman–Crippen MR) is 101 cm³/mol. The molecule has 0 aliphatic rings. The molecule has 0 bridgehead atoms. The molecule has 0 radical (unpaired) electrons. The van der Waals surface area contributed by atoms with Crippen molar-refractivity contribution in [3.63, 3.8) is 0 Å². The first-order chi connectivity index (χ1) is 10.1. The van der Waals surface area contributed by atoms with Crippen molar-refractivity contribution >= 4 is 18.5 Å².